The van der Waals surface area contributed by atoms with Crippen LogP contribution in [0.4, 0.5) is 9.93 Å². The first-order valence-corrected chi connectivity index (χ1v) is 12.6. The monoisotopic (exact) mass is 542 g/mol. The van der Waals surface area contributed by atoms with Crippen LogP contribution in [0.25, 0.3) is 16.3 Å². The van der Waals surface area contributed by atoms with E-state index < -0.39 is 23.6 Å². The Morgan fingerprint density at radius 3 is 2.53 bits per heavy atom. The number of carbonyl (C=O) groups excluding carboxylic acids is 3. The number of ether oxygens (including phenoxy) is 3. The van der Waals surface area contributed by atoms with Gasteiger partial charge in [-0.2, -0.15) is 5.26 Å². The molecule has 0 spiro atoms. The molecule has 184 valence electrons. The van der Waals surface area contributed by atoms with E-state index in [-0.39, 0.29) is 4.91 Å². The Balaban J connectivity index is 1.48. The van der Waals surface area contributed by atoms with E-state index in [2.05, 4.69) is 10.3 Å². The van der Waals surface area contributed by atoms with Gasteiger partial charge in [-0.1, -0.05) is 11.3 Å². The third kappa shape index (κ3) is 5.25. The summed E-state index contributed by atoms with van der Waals surface area (Å²) in [5.41, 5.74) is 1.22. The SMILES string of the molecule is COc1cc(/C=C2/SC(=O)N(CC(=O)Nc3nc4ccc(SC#N)cc4s3)C2=O)cc(OC)c1OC. The largest absolute Gasteiger partial charge is 0.493 e. The third-order valence-electron chi connectivity index (χ3n) is 4.93. The van der Waals surface area contributed by atoms with Crippen LogP contribution < -0.4 is 19.5 Å². The van der Waals surface area contributed by atoms with Gasteiger partial charge in [0.1, 0.15) is 11.9 Å². The van der Waals surface area contributed by atoms with Crippen LogP contribution in [0.3, 0.4) is 0 Å². The third-order valence-corrected chi connectivity index (χ3v) is 7.35. The van der Waals surface area contributed by atoms with Gasteiger partial charge in [0.15, 0.2) is 16.6 Å². The minimum Gasteiger partial charge on any atom is -0.493 e. The Kier molecular flexibility index (Phi) is 7.68. The molecule has 0 unspecified atom stereocenters. The number of amides is 3. The highest BCUT2D eigenvalue weighted by Gasteiger charge is 2.36. The second-order valence-corrected chi connectivity index (χ2v) is 10.00. The molecule has 1 aromatic heterocycles. The van der Waals surface area contributed by atoms with Crippen molar-refractivity contribution in [1.29, 1.82) is 5.26 Å². The number of nitrogens with zero attached hydrogens (tertiary/aromatic N) is 3. The number of imide groups is 1. The van der Waals surface area contributed by atoms with Crippen molar-refractivity contribution in [3.63, 3.8) is 0 Å². The Morgan fingerprint density at radius 1 is 1.17 bits per heavy atom. The minimum absolute atomic E-state index is 0.157. The summed E-state index contributed by atoms with van der Waals surface area (Å²) >= 11 is 3.00. The van der Waals surface area contributed by atoms with Crippen LogP contribution in [-0.2, 0) is 9.59 Å². The highest BCUT2D eigenvalue weighted by Crippen LogP contribution is 2.40. The summed E-state index contributed by atoms with van der Waals surface area (Å²) in [6.45, 7) is -0.456. The number of rotatable bonds is 8. The summed E-state index contributed by atoms with van der Waals surface area (Å²) in [6, 6.07) is 8.63. The molecular formula is C23H18N4O6S3. The Bertz CT molecular complexity index is 1420. The number of thiazole rings is 1. The molecule has 2 heterocycles. The fraction of sp³-hybridized carbons (Fsp3) is 0.174. The van der Waals surface area contributed by atoms with Crippen molar-refractivity contribution in [2.24, 2.45) is 0 Å². The molecule has 10 nitrogen and oxygen atoms in total. The lowest BCUT2D eigenvalue weighted by atomic mass is 10.1. The van der Waals surface area contributed by atoms with Gasteiger partial charge in [0.05, 0.1) is 36.5 Å². The predicted octanol–water partition coefficient (Wildman–Crippen LogP) is 4.57. The Labute approximate surface area is 218 Å². The number of methoxy groups -OCH3 is 3. The standard InChI is InChI=1S/C23H18N4O6S3/c1-31-15-6-12(7-16(32-2)20(15)33-3)8-18-21(29)27(23(30)36-18)10-19(28)26-22-25-14-5-4-13(34-11-24)9-17(14)35-22/h4-9H,10H2,1-3H3,(H,25,26,28)/b18-8+. The fourth-order valence-electron chi connectivity index (χ4n) is 3.35. The lowest BCUT2D eigenvalue weighted by Gasteiger charge is -2.13. The van der Waals surface area contributed by atoms with Crippen LogP contribution in [-0.4, -0.2) is 54.8 Å². The van der Waals surface area contributed by atoms with Crippen LogP contribution in [0.15, 0.2) is 40.1 Å². The number of fused-ring (bicyclic) bond motifs is 1. The molecule has 0 bridgehead atoms. The quantitative estimate of drug-likeness (QED) is 0.245. The van der Waals surface area contributed by atoms with Crippen LogP contribution in [0.2, 0.25) is 0 Å². The highest BCUT2D eigenvalue weighted by molar-refractivity contribution is 8.18. The van der Waals surface area contributed by atoms with E-state index in [1.54, 1.807) is 30.3 Å². The molecule has 3 amide bonds. The van der Waals surface area contributed by atoms with Gasteiger partial charge in [-0.15, -0.1) is 0 Å². The maximum absolute atomic E-state index is 12.9. The number of carbonyl (C=O) groups is 3. The van der Waals surface area contributed by atoms with Crippen molar-refractivity contribution in [1.82, 2.24) is 9.88 Å². The van der Waals surface area contributed by atoms with Crippen molar-refractivity contribution < 1.29 is 28.6 Å². The second-order valence-electron chi connectivity index (χ2n) is 7.12. The minimum atomic E-state index is -0.587. The van der Waals surface area contributed by atoms with E-state index in [1.807, 2.05) is 5.40 Å². The van der Waals surface area contributed by atoms with E-state index in [0.717, 1.165) is 38.0 Å². The summed E-state index contributed by atoms with van der Waals surface area (Å²) in [4.78, 5) is 44.1. The summed E-state index contributed by atoms with van der Waals surface area (Å²) < 4.78 is 16.7. The van der Waals surface area contributed by atoms with E-state index in [9.17, 15) is 14.4 Å². The molecule has 1 N–H and O–H groups in total. The van der Waals surface area contributed by atoms with Crippen molar-refractivity contribution in [3.8, 4) is 22.6 Å². The molecule has 0 aliphatic carbocycles. The molecule has 13 heteroatoms. The van der Waals surface area contributed by atoms with Crippen molar-refractivity contribution in [3.05, 3.63) is 40.8 Å². The van der Waals surface area contributed by atoms with Crippen molar-refractivity contribution in [2.75, 3.05) is 33.2 Å². The van der Waals surface area contributed by atoms with E-state index in [0.29, 0.717) is 33.5 Å². The first kappa shape index (κ1) is 25.4. The summed E-state index contributed by atoms with van der Waals surface area (Å²) in [7, 11) is 4.43. The number of nitriles is 1. The number of thiocyanates is 1. The molecule has 0 atom stereocenters. The van der Waals surface area contributed by atoms with Crippen LogP contribution in [0.1, 0.15) is 5.56 Å². The Hall–Kier alpha value is -3.73. The zero-order chi connectivity index (χ0) is 25.8. The zero-order valence-electron chi connectivity index (χ0n) is 19.2. The molecule has 1 fully saturated rings. The normalized spacial score (nSPS) is 14.3. The number of nitrogens with one attached hydrogen (secondary N) is 1. The zero-order valence-corrected chi connectivity index (χ0v) is 21.6. The molecule has 4 rings (SSSR count). The number of benzene rings is 2. The maximum Gasteiger partial charge on any atom is 0.294 e. The van der Waals surface area contributed by atoms with Crippen molar-refractivity contribution >= 4 is 73.3 Å². The molecule has 1 aliphatic heterocycles. The summed E-state index contributed by atoms with van der Waals surface area (Å²) in [5.74, 6) is 0.0527. The van der Waals surface area contributed by atoms with Gasteiger partial charge in [-0.3, -0.25) is 19.3 Å². The van der Waals surface area contributed by atoms with Crippen LogP contribution >= 0.6 is 34.9 Å². The van der Waals surface area contributed by atoms with Crippen LogP contribution in [0, 0.1) is 10.7 Å². The first-order chi connectivity index (χ1) is 17.4. The van der Waals surface area contributed by atoms with E-state index >= 15 is 0 Å². The van der Waals surface area contributed by atoms with Gasteiger partial charge < -0.3 is 19.5 Å². The first-order valence-electron chi connectivity index (χ1n) is 10.2. The number of thioether (sulfide) groups is 2. The lowest BCUT2D eigenvalue weighted by molar-refractivity contribution is -0.127. The second kappa shape index (κ2) is 10.9. The predicted molar refractivity (Wildman–Crippen MR) is 138 cm³/mol. The van der Waals surface area contributed by atoms with Gasteiger partial charge >= 0.3 is 0 Å². The maximum atomic E-state index is 12.9. The van der Waals surface area contributed by atoms with Gasteiger partial charge in [-0.05, 0) is 65.5 Å². The molecule has 36 heavy (non-hydrogen) atoms. The van der Waals surface area contributed by atoms with Gasteiger partial charge in [0, 0.05) is 4.90 Å². The van der Waals surface area contributed by atoms with E-state index in [4.69, 9.17) is 19.5 Å². The fourth-order valence-corrected chi connectivity index (χ4v) is 5.60. The number of anilines is 1. The average Bonchev–Trinajstić information content (AvgIpc) is 3.38. The smallest absolute Gasteiger partial charge is 0.294 e. The summed E-state index contributed by atoms with van der Waals surface area (Å²) in [6.07, 6.45) is 1.53. The average molecular weight is 543 g/mol. The van der Waals surface area contributed by atoms with Gasteiger partial charge in [-0.25, -0.2) is 4.98 Å². The number of aromatic nitrogens is 1. The summed E-state index contributed by atoms with van der Waals surface area (Å²) in [5, 5.41) is 13.2. The molecule has 0 saturated carbocycles. The molecule has 2 aromatic carbocycles. The molecule has 1 aliphatic rings. The van der Waals surface area contributed by atoms with E-state index in [1.165, 1.54) is 38.7 Å². The van der Waals surface area contributed by atoms with Crippen LogP contribution in [0.5, 0.6) is 17.2 Å². The molecule has 0 radical (unpaired) electrons. The molecule has 3 aromatic rings. The van der Waals surface area contributed by atoms with Crippen molar-refractivity contribution in [2.45, 2.75) is 4.90 Å². The Morgan fingerprint density at radius 2 is 1.89 bits per heavy atom. The molecule has 1 saturated heterocycles. The number of hydrogen-bond donors (Lipinski definition) is 1. The van der Waals surface area contributed by atoms with Gasteiger partial charge in [0.25, 0.3) is 11.1 Å². The molecular weight excluding hydrogens is 524 g/mol. The van der Waals surface area contributed by atoms with Gasteiger partial charge in [0.2, 0.25) is 11.7 Å². The number of hydrogen-bond acceptors (Lipinski definition) is 11. The highest BCUT2D eigenvalue weighted by atomic mass is 32.2. The lowest BCUT2D eigenvalue weighted by Crippen LogP contribution is -2.36. The topological polar surface area (TPSA) is 131 Å².